The maximum Gasteiger partial charge on any atom is 0.145 e. The van der Waals surface area contributed by atoms with Crippen molar-refractivity contribution in [2.45, 2.75) is 13.0 Å². The predicted molar refractivity (Wildman–Crippen MR) is 74.5 cm³/mol. The van der Waals surface area contributed by atoms with Gasteiger partial charge >= 0.3 is 0 Å². The van der Waals surface area contributed by atoms with Crippen LogP contribution in [0, 0.1) is 0 Å². The molecule has 6 heteroatoms. The van der Waals surface area contributed by atoms with Crippen LogP contribution in [0.1, 0.15) is 6.92 Å². The van der Waals surface area contributed by atoms with Gasteiger partial charge in [0.25, 0.3) is 0 Å². The number of benzene rings is 1. The lowest BCUT2D eigenvalue weighted by Gasteiger charge is -2.11. The first-order valence-electron chi connectivity index (χ1n) is 5.48. The number of hydrogen-bond donors (Lipinski definition) is 1. The normalized spacial score (nSPS) is 12.7. The Kier molecular flexibility index (Phi) is 4.22. The van der Waals surface area contributed by atoms with E-state index in [-0.39, 0.29) is 6.10 Å². The number of ether oxygens (including phenoxy) is 1. The minimum absolute atomic E-state index is 0.108. The van der Waals surface area contributed by atoms with Gasteiger partial charge in [0.2, 0.25) is 0 Å². The van der Waals surface area contributed by atoms with Crippen LogP contribution < -0.4 is 5.32 Å². The molecule has 1 heterocycles. The van der Waals surface area contributed by atoms with Crippen LogP contribution in [-0.4, -0.2) is 29.7 Å². The second-order valence-corrected chi connectivity index (χ2v) is 4.75. The van der Waals surface area contributed by atoms with Crippen LogP contribution in [0.15, 0.2) is 18.3 Å². The largest absolute Gasteiger partial charge is 0.380 e. The molecule has 1 unspecified atom stereocenters. The molecule has 0 spiro atoms. The van der Waals surface area contributed by atoms with Gasteiger partial charge < -0.3 is 10.1 Å². The van der Waals surface area contributed by atoms with Crippen LogP contribution in [0.4, 0.5) is 5.82 Å². The van der Waals surface area contributed by atoms with E-state index in [0.29, 0.717) is 27.9 Å². The average Bonchev–Trinajstić information content (AvgIpc) is 2.37. The summed E-state index contributed by atoms with van der Waals surface area (Å²) in [5.74, 6) is 0.685. The fourth-order valence-electron chi connectivity index (χ4n) is 1.42. The van der Waals surface area contributed by atoms with Crippen LogP contribution in [-0.2, 0) is 4.74 Å². The van der Waals surface area contributed by atoms with Gasteiger partial charge in [-0.1, -0.05) is 23.2 Å². The van der Waals surface area contributed by atoms with E-state index < -0.39 is 0 Å². The number of fused-ring (bicyclic) bond motifs is 1. The van der Waals surface area contributed by atoms with E-state index in [2.05, 4.69) is 15.3 Å². The summed E-state index contributed by atoms with van der Waals surface area (Å²) < 4.78 is 5.14. The van der Waals surface area contributed by atoms with Crippen molar-refractivity contribution in [1.29, 1.82) is 0 Å². The number of nitrogens with zero attached hydrogens (tertiary/aromatic N) is 2. The predicted octanol–water partition coefficient (Wildman–Crippen LogP) is 3.38. The van der Waals surface area contributed by atoms with Crippen molar-refractivity contribution in [3.63, 3.8) is 0 Å². The number of nitrogens with one attached hydrogen (secondary N) is 1. The zero-order valence-electron chi connectivity index (χ0n) is 10.1. The summed E-state index contributed by atoms with van der Waals surface area (Å²) in [6.45, 7) is 2.64. The molecule has 1 aromatic carbocycles. The van der Waals surface area contributed by atoms with Gasteiger partial charge in [-0.05, 0) is 19.1 Å². The van der Waals surface area contributed by atoms with Gasteiger partial charge in [0.05, 0.1) is 33.4 Å². The molecule has 2 aromatic rings. The Hall–Kier alpha value is -1.10. The highest BCUT2D eigenvalue weighted by molar-refractivity contribution is 6.42. The number of methoxy groups -OCH3 is 1. The van der Waals surface area contributed by atoms with Crippen molar-refractivity contribution < 1.29 is 4.74 Å². The molecular formula is C12H13Cl2N3O. The van der Waals surface area contributed by atoms with Crippen molar-refractivity contribution in [3.05, 3.63) is 28.4 Å². The molecule has 18 heavy (non-hydrogen) atoms. The Morgan fingerprint density at radius 2 is 1.94 bits per heavy atom. The quantitative estimate of drug-likeness (QED) is 0.936. The Bertz CT molecular complexity index is 562. The zero-order chi connectivity index (χ0) is 13.1. The molecule has 0 saturated heterocycles. The van der Waals surface area contributed by atoms with E-state index in [1.165, 1.54) is 0 Å². The zero-order valence-corrected chi connectivity index (χ0v) is 11.6. The van der Waals surface area contributed by atoms with E-state index in [9.17, 15) is 0 Å². The Morgan fingerprint density at radius 3 is 2.61 bits per heavy atom. The second-order valence-electron chi connectivity index (χ2n) is 3.94. The van der Waals surface area contributed by atoms with Crippen LogP contribution >= 0.6 is 23.2 Å². The summed E-state index contributed by atoms with van der Waals surface area (Å²) in [6, 6.07) is 3.41. The number of halogens is 2. The lowest BCUT2D eigenvalue weighted by molar-refractivity contribution is 0.128. The smallest absolute Gasteiger partial charge is 0.145 e. The Morgan fingerprint density at radius 1 is 1.28 bits per heavy atom. The van der Waals surface area contributed by atoms with Crippen molar-refractivity contribution in [1.82, 2.24) is 9.97 Å². The highest BCUT2D eigenvalue weighted by Gasteiger charge is 2.05. The monoisotopic (exact) mass is 285 g/mol. The highest BCUT2D eigenvalue weighted by atomic mass is 35.5. The molecule has 1 N–H and O–H groups in total. The summed E-state index contributed by atoms with van der Waals surface area (Å²) >= 11 is 11.9. The maximum atomic E-state index is 5.95. The molecule has 2 rings (SSSR count). The molecule has 1 atom stereocenters. The van der Waals surface area contributed by atoms with Gasteiger partial charge in [0.1, 0.15) is 5.82 Å². The number of rotatable bonds is 4. The van der Waals surface area contributed by atoms with Gasteiger partial charge in [-0.15, -0.1) is 0 Å². The molecule has 0 aliphatic carbocycles. The number of aromatic nitrogens is 2. The minimum Gasteiger partial charge on any atom is -0.380 e. The maximum absolute atomic E-state index is 5.95. The SMILES string of the molecule is COC(C)CNc1cnc2cc(Cl)c(Cl)cc2n1. The van der Waals surface area contributed by atoms with Crippen molar-refractivity contribution in [2.75, 3.05) is 19.0 Å². The van der Waals surface area contributed by atoms with E-state index in [4.69, 9.17) is 27.9 Å². The Labute approximate surface area is 115 Å². The molecule has 0 fully saturated rings. The Balaban J connectivity index is 2.24. The third-order valence-corrected chi connectivity index (χ3v) is 3.28. The van der Waals surface area contributed by atoms with Gasteiger partial charge in [-0.25, -0.2) is 4.98 Å². The topological polar surface area (TPSA) is 47.0 Å². The first-order chi connectivity index (χ1) is 8.60. The minimum atomic E-state index is 0.108. The van der Waals surface area contributed by atoms with E-state index in [1.54, 1.807) is 25.4 Å². The van der Waals surface area contributed by atoms with E-state index in [1.807, 2.05) is 6.92 Å². The van der Waals surface area contributed by atoms with Gasteiger partial charge in [-0.2, -0.15) is 0 Å². The molecular weight excluding hydrogens is 273 g/mol. The van der Waals surface area contributed by atoms with Crippen molar-refractivity contribution in [2.24, 2.45) is 0 Å². The van der Waals surface area contributed by atoms with Gasteiger partial charge in [0, 0.05) is 13.7 Å². The van der Waals surface area contributed by atoms with Crippen LogP contribution in [0.25, 0.3) is 11.0 Å². The van der Waals surface area contributed by atoms with Crippen molar-refractivity contribution >= 4 is 40.1 Å². The van der Waals surface area contributed by atoms with E-state index in [0.717, 1.165) is 5.52 Å². The molecule has 0 aliphatic rings. The molecule has 4 nitrogen and oxygen atoms in total. The number of anilines is 1. The molecule has 0 saturated carbocycles. The van der Waals surface area contributed by atoms with Gasteiger partial charge in [0.15, 0.2) is 0 Å². The molecule has 0 amide bonds. The summed E-state index contributed by atoms with van der Waals surface area (Å²) in [5.41, 5.74) is 1.43. The van der Waals surface area contributed by atoms with Crippen molar-refractivity contribution in [3.8, 4) is 0 Å². The molecule has 1 aromatic heterocycles. The highest BCUT2D eigenvalue weighted by Crippen LogP contribution is 2.26. The van der Waals surface area contributed by atoms with Crippen LogP contribution in [0.3, 0.4) is 0 Å². The summed E-state index contributed by atoms with van der Waals surface area (Å²) in [4.78, 5) is 8.69. The number of hydrogen-bond acceptors (Lipinski definition) is 4. The van der Waals surface area contributed by atoms with Crippen LogP contribution in [0.5, 0.6) is 0 Å². The van der Waals surface area contributed by atoms with Gasteiger partial charge in [-0.3, -0.25) is 4.98 Å². The standard InChI is InChI=1S/C12H13Cl2N3O/c1-7(18-2)5-16-12-6-15-10-3-8(13)9(14)4-11(10)17-12/h3-4,6-7H,5H2,1-2H3,(H,16,17). The first kappa shape index (κ1) is 13.3. The van der Waals surface area contributed by atoms with Crippen LogP contribution in [0.2, 0.25) is 10.0 Å². The summed E-state index contributed by atoms with van der Waals surface area (Å²) in [6.07, 6.45) is 1.77. The molecule has 0 bridgehead atoms. The van der Waals surface area contributed by atoms with E-state index >= 15 is 0 Å². The summed E-state index contributed by atoms with van der Waals surface area (Å²) in [7, 11) is 1.67. The fraction of sp³-hybridized carbons (Fsp3) is 0.333. The fourth-order valence-corrected chi connectivity index (χ4v) is 1.74. The average molecular weight is 286 g/mol. The first-order valence-corrected chi connectivity index (χ1v) is 6.24. The lowest BCUT2D eigenvalue weighted by atomic mass is 10.3. The molecule has 96 valence electrons. The second kappa shape index (κ2) is 5.69. The molecule has 0 aliphatic heterocycles. The molecule has 0 radical (unpaired) electrons. The summed E-state index contributed by atoms with van der Waals surface area (Å²) in [5, 5.41) is 4.10. The third kappa shape index (κ3) is 3.02. The third-order valence-electron chi connectivity index (χ3n) is 2.56. The lowest BCUT2D eigenvalue weighted by Crippen LogP contribution is -2.18.